The van der Waals surface area contributed by atoms with Gasteiger partial charge in [0.15, 0.2) is 0 Å². The molecule has 1 aromatic heterocycles. The van der Waals surface area contributed by atoms with Gasteiger partial charge >= 0.3 is 0 Å². The molecule has 3 nitrogen and oxygen atoms in total. The number of nitrogens with zero attached hydrogens (tertiary/aromatic N) is 3. The fourth-order valence-corrected chi connectivity index (χ4v) is 3.72. The van der Waals surface area contributed by atoms with Crippen LogP contribution in [0, 0.1) is 0 Å². The molecular formula is C22H19N3. The Morgan fingerprint density at radius 3 is 2.32 bits per heavy atom. The van der Waals surface area contributed by atoms with E-state index in [0.717, 1.165) is 42.2 Å². The molecule has 3 heteroatoms. The second kappa shape index (κ2) is 5.78. The molecule has 25 heavy (non-hydrogen) atoms. The molecule has 4 aromatic rings. The molecule has 0 spiro atoms. The van der Waals surface area contributed by atoms with Crippen LogP contribution in [0.3, 0.4) is 0 Å². The smallest absolute Gasteiger partial charge is 0.211 e. The van der Waals surface area contributed by atoms with Crippen molar-refractivity contribution in [3.05, 3.63) is 90.0 Å². The molecule has 0 atom stereocenters. The van der Waals surface area contributed by atoms with Gasteiger partial charge < -0.3 is 4.90 Å². The third kappa shape index (κ3) is 2.40. The zero-order valence-corrected chi connectivity index (χ0v) is 14.0. The van der Waals surface area contributed by atoms with Crippen LogP contribution < -0.4 is 4.90 Å². The van der Waals surface area contributed by atoms with Gasteiger partial charge in [0.2, 0.25) is 5.95 Å². The van der Waals surface area contributed by atoms with Crippen molar-refractivity contribution < 1.29 is 0 Å². The Kier molecular flexibility index (Phi) is 3.30. The van der Waals surface area contributed by atoms with Crippen molar-refractivity contribution in [1.29, 1.82) is 0 Å². The largest absolute Gasteiger partial charge is 0.337 e. The van der Waals surface area contributed by atoms with Crippen molar-refractivity contribution in [2.24, 2.45) is 0 Å². The summed E-state index contributed by atoms with van der Waals surface area (Å²) < 4.78 is 2.28. The van der Waals surface area contributed by atoms with Crippen LogP contribution in [0.1, 0.15) is 11.1 Å². The van der Waals surface area contributed by atoms with E-state index in [2.05, 4.69) is 88.3 Å². The zero-order valence-electron chi connectivity index (χ0n) is 14.0. The number of para-hydroxylation sites is 3. The number of rotatable bonds is 2. The van der Waals surface area contributed by atoms with Crippen LogP contribution in [0.15, 0.2) is 78.9 Å². The van der Waals surface area contributed by atoms with Gasteiger partial charge in [-0.3, -0.25) is 4.57 Å². The average Bonchev–Trinajstić information content (AvgIpc) is 3.08. The molecule has 2 heterocycles. The van der Waals surface area contributed by atoms with Crippen molar-refractivity contribution in [3.63, 3.8) is 0 Å². The molecule has 0 amide bonds. The SMILES string of the molecule is c1ccc(-n2c(N3CCc4ccccc4C3)nc3ccccc32)cc1. The topological polar surface area (TPSA) is 21.1 Å². The Bertz CT molecular complexity index is 1030. The van der Waals surface area contributed by atoms with Gasteiger partial charge in [-0.25, -0.2) is 4.98 Å². The number of hydrogen-bond acceptors (Lipinski definition) is 2. The predicted octanol–water partition coefficient (Wildman–Crippen LogP) is 4.59. The standard InChI is InChI=1S/C22H19N3/c1-2-10-19(11-3-1)25-21-13-7-6-12-20(21)23-22(25)24-15-14-17-8-4-5-9-18(17)16-24/h1-13H,14-16H2. The van der Waals surface area contributed by atoms with Crippen LogP contribution in [0.25, 0.3) is 16.7 Å². The van der Waals surface area contributed by atoms with E-state index >= 15 is 0 Å². The number of aromatic nitrogens is 2. The minimum Gasteiger partial charge on any atom is -0.337 e. The summed E-state index contributed by atoms with van der Waals surface area (Å²) in [5, 5.41) is 0. The Morgan fingerprint density at radius 1 is 0.720 bits per heavy atom. The van der Waals surface area contributed by atoms with Crippen LogP contribution in [0.4, 0.5) is 5.95 Å². The summed E-state index contributed by atoms with van der Waals surface area (Å²) in [6.45, 7) is 1.90. The van der Waals surface area contributed by atoms with Crippen LogP contribution in [-0.4, -0.2) is 16.1 Å². The van der Waals surface area contributed by atoms with Gasteiger partial charge in [-0.2, -0.15) is 0 Å². The van der Waals surface area contributed by atoms with E-state index in [-0.39, 0.29) is 0 Å². The predicted molar refractivity (Wildman–Crippen MR) is 102 cm³/mol. The molecule has 1 aliphatic rings. The van der Waals surface area contributed by atoms with Crippen molar-refractivity contribution in [2.45, 2.75) is 13.0 Å². The van der Waals surface area contributed by atoms with Crippen LogP contribution in [0.2, 0.25) is 0 Å². The number of benzene rings is 3. The maximum absolute atomic E-state index is 4.97. The molecule has 122 valence electrons. The molecule has 5 rings (SSSR count). The van der Waals surface area contributed by atoms with E-state index in [0.29, 0.717) is 0 Å². The Morgan fingerprint density at radius 2 is 1.44 bits per heavy atom. The summed E-state index contributed by atoms with van der Waals surface area (Å²) in [4.78, 5) is 7.37. The highest BCUT2D eigenvalue weighted by Crippen LogP contribution is 2.30. The molecule has 3 aromatic carbocycles. The van der Waals surface area contributed by atoms with E-state index in [1.165, 1.54) is 11.1 Å². The van der Waals surface area contributed by atoms with Crippen molar-refractivity contribution >= 4 is 17.0 Å². The third-order valence-corrected chi connectivity index (χ3v) is 4.97. The summed E-state index contributed by atoms with van der Waals surface area (Å²) in [7, 11) is 0. The van der Waals surface area contributed by atoms with E-state index in [4.69, 9.17) is 4.98 Å². The Labute approximate surface area is 147 Å². The second-order valence-corrected chi connectivity index (χ2v) is 6.51. The van der Waals surface area contributed by atoms with Gasteiger partial charge in [-0.1, -0.05) is 54.6 Å². The highest BCUT2D eigenvalue weighted by atomic mass is 15.3. The van der Waals surface area contributed by atoms with E-state index in [1.807, 2.05) is 0 Å². The van der Waals surface area contributed by atoms with Crippen LogP contribution in [0.5, 0.6) is 0 Å². The zero-order chi connectivity index (χ0) is 16.6. The first-order valence-corrected chi connectivity index (χ1v) is 8.75. The van der Waals surface area contributed by atoms with Crippen LogP contribution >= 0.6 is 0 Å². The first kappa shape index (κ1) is 14.3. The van der Waals surface area contributed by atoms with Gasteiger partial charge in [0.25, 0.3) is 0 Å². The first-order chi connectivity index (χ1) is 12.4. The summed E-state index contributed by atoms with van der Waals surface area (Å²) in [6, 6.07) is 27.6. The lowest BCUT2D eigenvalue weighted by atomic mass is 10.0. The highest BCUT2D eigenvalue weighted by Gasteiger charge is 2.22. The third-order valence-electron chi connectivity index (χ3n) is 4.97. The Balaban J connectivity index is 1.67. The van der Waals surface area contributed by atoms with Gasteiger partial charge in [0, 0.05) is 18.8 Å². The number of anilines is 1. The summed E-state index contributed by atoms with van der Waals surface area (Å²) in [5.41, 5.74) is 6.22. The van der Waals surface area contributed by atoms with Gasteiger partial charge in [-0.15, -0.1) is 0 Å². The normalized spacial score (nSPS) is 13.8. The van der Waals surface area contributed by atoms with Gasteiger partial charge in [0.05, 0.1) is 11.0 Å². The summed E-state index contributed by atoms with van der Waals surface area (Å²) in [5.74, 6) is 1.03. The molecular weight excluding hydrogens is 306 g/mol. The minimum absolute atomic E-state index is 0.909. The van der Waals surface area contributed by atoms with Crippen LogP contribution in [-0.2, 0) is 13.0 Å². The molecule has 0 bridgehead atoms. The highest BCUT2D eigenvalue weighted by molar-refractivity contribution is 5.81. The van der Waals surface area contributed by atoms with Crippen molar-refractivity contribution in [1.82, 2.24) is 9.55 Å². The lowest BCUT2D eigenvalue weighted by molar-refractivity contribution is 0.703. The monoisotopic (exact) mass is 325 g/mol. The van der Waals surface area contributed by atoms with Gasteiger partial charge in [0.1, 0.15) is 0 Å². The summed E-state index contributed by atoms with van der Waals surface area (Å²) in [6.07, 6.45) is 1.06. The second-order valence-electron chi connectivity index (χ2n) is 6.51. The minimum atomic E-state index is 0.909. The first-order valence-electron chi connectivity index (χ1n) is 8.75. The van der Waals surface area contributed by atoms with Crippen molar-refractivity contribution in [2.75, 3.05) is 11.4 Å². The fraction of sp³-hybridized carbons (Fsp3) is 0.136. The van der Waals surface area contributed by atoms with E-state index in [1.54, 1.807) is 0 Å². The average molecular weight is 325 g/mol. The van der Waals surface area contributed by atoms with Gasteiger partial charge in [-0.05, 0) is 41.8 Å². The lowest BCUT2D eigenvalue weighted by Gasteiger charge is -2.30. The number of imidazole rings is 1. The maximum Gasteiger partial charge on any atom is 0.211 e. The molecule has 0 N–H and O–H groups in total. The maximum atomic E-state index is 4.97. The van der Waals surface area contributed by atoms with E-state index < -0.39 is 0 Å². The fourth-order valence-electron chi connectivity index (χ4n) is 3.72. The lowest BCUT2D eigenvalue weighted by Crippen LogP contribution is -2.32. The van der Waals surface area contributed by atoms with Crippen molar-refractivity contribution in [3.8, 4) is 5.69 Å². The number of hydrogen-bond donors (Lipinski definition) is 0. The molecule has 0 radical (unpaired) electrons. The molecule has 0 saturated heterocycles. The molecule has 0 unspecified atom stereocenters. The molecule has 1 aliphatic heterocycles. The quantitative estimate of drug-likeness (QED) is 0.537. The number of fused-ring (bicyclic) bond motifs is 2. The Hall–Kier alpha value is -3.07. The molecule has 0 aliphatic carbocycles. The molecule has 0 saturated carbocycles. The molecule has 0 fully saturated rings. The van der Waals surface area contributed by atoms with E-state index in [9.17, 15) is 0 Å². The summed E-state index contributed by atoms with van der Waals surface area (Å²) >= 11 is 0.